The third-order valence-electron chi connectivity index (χ3n) is 2.80. The van der Waals surface area contributed by atoms with E-state index in [2.05, 4.69) is 60.8 Å². The van der Waals surface area contributed by atoms with Gasteiger partial charge in [-0.2, -0.15) is 0 Å². The van der Waals surface area contributed by atoms with Crippen molar-refractivity contribution in [2.24, 2.45) is 0 Å². The Bertz CT molecular complexity index is 351. The first kappa shape index (κ1) is 14.9. The van der Waals surface area contributed by atoms with E-state index in [0.29, 0.717) is 6.04 Å². The van der Waals surface area contributed by atoms with Gasteiger partial charge in [0, 0.05) is 13.1 Å². The highest BCUT2D eigenvalue weighted by Crippen LogP contribution is 2.16. The summed E-state index contributed by atoms with van der Waals surface area (Å²) in [5, 5.41) is 7.19. The summed E-state index contributed by atoms with van der Waals surface area (Å²) in [6, 6.07) is 10.8. The molecule has 1 atom stereocenters. The van der Waals surface area contributed by atoms with Gasteiger partial charge in [-0.25, -0.2) is 0 Å². The van der Waals surface area contributed by atoms with Gasteiger partial charge in [-0.15, -0.1) is 0 Å². The van der Waals surface area contributed by atoms with Gasteiger partial charge in [-0.05, 0) is 38.3 Å². The maximum atomic E-state index is 5.23. The van der Waals surface area contributed by atoms with Gasteiger partial charge in [0.25, 0.3) is 0 Å². The number of rotatable bonds is 6. The highest BCUT2D eigenvalue weighted by molar-refractivity contribution is 7.80. The molecule has 0 saturated carbocycles. The van der Waals surface area contributed by atoms with Gasteiger partial charge in [-0.3, -0.25) is 0 Å². The molecule has 0 fully saturated rings. The average molecular weight is 265 g/mol. The number of thiocarbonyl (C=S) groups is 1. The summed E-state index contributed by atoms with van der Waals surface area (Å²) in [7, 11) is 4.17. The summed E-state index contributed by atoms with van der Waals surface area (Å²) >= 11 is 5.23. The lowest BCUT2D eigenvalue weighted by atomic mass is 10.1. The molecular weight excluding hydrogens is 242 g/mol. The number of nitrogens with zero attached hydrogens (tertiary/aromatic N) is 1. The topological polar surface area (TPSA) is 27.3 Å². The van der Waals surface area contributed by atoms with Crippen LogP contribution in [0, 0.1) is 0 Å². The molecule has 18 heavy (non-hydrogen) atoms. The van der Waals surface area contributed by atoms with E-state index in [1.165, 1.54) is 5.56 Å². The van der Waals surface area contributed by atoms with Crippen LogP contribution < -0.4 is 10.6 Å². The molecule has 100 valence electrons. The zero-order valence-electron chi connectivity index (χ0n) is 11.4. The van der Waals surface area contributed by atoms with E-state index in [4.69, 9.17) is 12.2 Å². The Morgan fingerprint density at radius 1 is 1.22 bits per heavy atom. The van der Waals surface area contributed by atoms with Crippen LogP contribution in [0.3, 0.4) is 0 Å². The Morgan fingerprint density at radius 3 is 2.44 bits per heavy atom. The van der Waals surface area contributed by atoms with Crippen LogP contribution in [-0.4, -0.2) is 37.2 Å². The summed E-state index contributed by atoms with van der Waals surface area (Å²) in [4.78, 5) is 2.20. The van der Waals surface area contributed by atoms with Crippen LogP contribution in [0.2, 0.25) is 0 Å². The predicted molar refractivity (Wildman–Crippen MR) is 81.8 cm³/mol. The highest BCUT2D eigenvalue weighted by Gasteiger charge is 2.13. The molecule has 0 bridgehead atoms. The Kier molecular flexibility index (Phi) is 6.68. The van der Waals surface area contributed by atoms with Crippen molar-refractivity contribution in [2.75, 3.05) is 27.2 Å². The maximum absolute atomic E-state index is 5.23. The SMILES string of the molecule is CCCNC(=S)NCC(c1ccccc1)N(C)C. The zero-order chi connectivity index (χ0) is 13.4. The largest absolute Gasteiger partial charge is 0.363 e. The van der Waals surface area contributed by atoms with Crippen LogP contribution in [0.15, 0.2) is 30.3 Å². The molecule has 4 heteroatoms. The monoisotopic (exact) mass is 265 g/mol. The fraction of sp³-hybridized carbons (Fsp3) is 0.500. The van der Waals surface area contributed by atoms with Gasteiger partial charge < -0.3 is 15.5 Å². The van der Waals surface area contributed by atoms with Crippen molar-refractivity contribution in [3.8, 4) is 0 Å². The summed E-state index contributed by atoms with van der Waals surface area (Å²) in [5.74, 6) is 0. The molecule has 1 unspecified atom stereocenters. The van der Waals surface area contributed by atoms with Gasteiger partial charge in [-0.1, -0.05) is 37.3 Å². The molecule has 0 aliphatic rings. The lowest BCUT2D eigenvalue weighted by Crippen LogP contribution is -2.40. The Hall–Kier alpha value is -1.13. The quantitative estimate of drug-likeness (QED) is 0.771. The fourth-order valence-electron chi connectivity index (χ4n) is 1.76. The van der Waals surface area contributed by atoms with Crippen LogP contribution >= 0.6 is 12.2 Å². The molecule has 0 aliphatic heterocycles. The molecule has 2 N–H and O–H groups in total. The number of likely N-dealkylation sites (N-methyl/N-ethyl adjacent to an activating group) is 1. The number of hydrogen-bond donors (Lipinski definition) is 2. The molecular formula is C14H23N3S. The molecule has 1 rings (SSSR count). The minimum Gasteiger partial charge on any atom is -0.363 e. The molecule has 0 spiro atoms. The van der Waals surface area contributed by atoms with Crippen LogP contribution in [0.4, 0.5) is 0 Å². The zero-order valence-corrected chi connectivity index (χ0v) is 12.3. The first-order valence-corrected chi connectivity index (χ1v) is 6.79. The molecule has 0 saturated heterocycles. The van der Waals surface area contributed by atoms with Crippen LogP contribution in [0.25, 0.3) is 0 Å². The lowest BCUT2D eigenvalue weighted by molar-refractivity contribution is 0.298. The summed E-state index contributed by atoms with van der Waals surface area (Å²) in [6.45, 7) is 3.86. The van der Waals surface area contributed by atoms with E-state index in [9.17, 15) is 0 Å². The van der Waals surface area contributed by atoms with Crippen molar-refractivity contribution in [3.05, 3.63) is 35.9 Å². The fourth-order valence-corrected chi connectivity index (χ4v) is 1.95. The standard InChI is InChI=1S/C14H23N3S/c1-4-10-15-14(18)16-11-13(17(2)3)12-8-6-5-7-9-12/h5-9,13H,4,10-11H2,1-3H3,(H2,15,16,18). The summed E-state index contributed by atoms with van der Waals surface area (Å²) in [5.41, 5.74) is 1.30. The van der Waals surface area contributed by atoms with E-state index < -0.39 is 0 Å². The van der Waals surface area contributed by atoms with E-state index in [0.717, 1.165) is 24.6 Å². The van der Waals surface area contributed by atoms with Gasteiger partial charge >= 0.3 is 0 Å². The predicted octanol–water partition coefficient (Wildman–Crippen LogP) is 2.16. The molecule has 1 aromatic rings. The van der Waals surface area contributed by atoms with Crippen molar-refractivity contribution in [2.45, 2.75) is 19.4 Å². The Morgan fingerprint density at radius 2 is 1.89 bits per heavy atom. The molecule has 3 nitrogen and oxygen atoms in total. The molecule has 0 amide bonds. The number of hydrogen-bond acceptors (Lipinski definition) is 2. The third kappa shape index (κ3) is 5.02. The van der Waals surface area contributed by atoms with Crippen molar-refractivity contribution in [1.29, 1.82) is 0 Å². The second-order valence-electron chi connectivity index (χ2n) is 4.53. The average Bonchev–Trinajstić information content (AvgIpc) is 2.37. The normalized spacial score (nSPS) is 12.2. The van der Waals surface area contributed by atoms with E-state index >= 15 is 0 Å². The van der Waals surface area contributed by atoms with E-state index in [-0.39, 0.29) is 0 Å². The van der Waals surface area contributed by atoms with Crippen molar-refractivity contribution in [3.63, 3.8) is 0 Å². The summed E-state index contributed by atoms with van der Waals surface area (Å²) < 4.78 is 0. The minimum atomic E-state index is 0.326. The van der Waals surface area contributed by atoms with Crippen LogP contribution in [0.1, 0.15) is 24.9 Å². The Balaban J connectivity index is 2.52. The number of nitrogens with one attached hydrogen (secondary N) is 2. The molecule has 0 aliphatic carbocycles. The van der Waals surface area contributed by atoms with Gasteiger partial charge in [0.05, 0.1) is 6.04 Å². The number of benzene rings is 1. The third-order valence-corrected chi connectivity index (χ3v) is 3.09. The first-order valence-electron chi connectivity index (χ1n) is 6.38. The molecule has 0 radical (unpaired) electrons. The van der Waals surface area contributed by atoms with E-state index in [1.807, 2.05) is 6.07 Å². The maximum Gasteiger partial charge on any atom is 0.166 e. The highest BCUT2D eigenvalue weighted by atomic mass is 32.1. The second-order valence-corrected chi connectivity index (χ2v) is 4.94. The Labute approximate surface area is 116 Å². The molecule has 0 aromatic heterocycles. The van der Waals surface area contributed by atoms with Crippen molar-refractivity contribution >= 4 is 17.3 Å². The first-order chi connectivity index (χ1) is 8.65. The van der Waals surface area contributed by atoms with Crippen LogP contribution in [-0.2, 0) is 0 Å². The van der Waals surface area contributed by atoms with Crippen molar-refractivity contribution in [1.82, 2.24) is 15.5 Å². The van der Waals surface area contributed by atoms with Gasteiger partial charge in [0.2, 0.25) is 0 Å². The van der Waals surface area contributed by atoms with Gasteiger partial charge in [0.1, 0.15) is 0 Å². The second kappa shape index (κ2) is 8.06. The van der Waals surface area contributed by atoms with E-state index in [1.54, 1.807) is 0 Å². The molecule has 1 aromatic carbocycles. The van der Waals surface area contributed by atoms with Crippen LogP contribution in [0.5, 0.6) is 0 Å². The minimum absolute atomic E-state index is 0.326. The van der Waals surface area contributed by atoms with Crippen molar-refractivity contribution < 1.29 is 0 Å². The lowest BCUT2D eigenvalue weighted by Gasteiger charge is -2.25. The molecule has 0 heterocycles. The smallest absolute Gasteiger partial charge is 0.166 e. The van der Waals surface area contributed by atoms with Gasteiger partial charge in [0.15, 0.2) is 5.11 Å². The summed E-state index contributed by atoms with van der Waals surface area (Å²) in [6.07, 6.45) is 1.08.